The van der Waals surface area contributed by atoms with Gasteiger partial charge in [0.15, 0.2) is 11.5 Å². The van der Waals surface area contributed by atoms with Crippen LogP contribution in [0.1, 0.15) is 23.6 Å². The SMILES string of the molecule is COc1ccc(CO)cc1OCc1cccc(COC(C)=O)c1. The topological polar surface area (TPSA) is 65.0 Å². The minimum atomic E-state index is -0.308. The first kappa shape index (κ1) is 16.8. The summed E-state index contributed by atoms with van der Waals surface area (Å²) in [6.45, 7) is 1.91. The summed E-state index contributed by atoms with van der Waals surface area (Å²) in [5, 5.41) is 9.21. The summed E-state index contributed by atoms with van der Waals surface area (Å²) in [6.07, 6.45) is 0. The number of aliphatic hydroxyl groups excluding tert-OH is 1. The van der Waals surface area contributed by atoms with Crippen molar-refractivity contribution in [2.45, 2.75) is 26.7 Å². The molecule has 0 saturated carbocycles. The zero-order chi connectivity index (χ0) is 16.7. The molecule has 2 rings (SSSR count). The van der Waals surface area contributed by atoms with E-state index in [1.54, 1.807) is 25.3 Å². The van der Waals surface area contributed by atoms with Crippen molar-refractivity contribution in [1.82, 2.24) is 0 Å². The molecule has 122 valence electrons. The van der Waals surface area contributed by atoms with Crippen LogP contribution in [-0.2, 0) is 29.4 Å². The Balaban J connectivity index is 2.05. The normalized spacial score (nSPS) is 10.2. The summed E-state index contributed by atoms with van der Waals surface area (Å²) in [4.78, 5) is 10.9. The number of carbonyl (C=O) groups is 1. The molecule has 0 heterocycles. The molecule has 0 aliphatic rings. The third-order valence-electron chi connectivity index (χ3n) is 3.24. The number of esters is 1. The lowest BCUT2D eigenvalue weighted by molar-refractivity contribution is -0.142. The van der Waals surface area contributed by atoms with Crippen LogP contribution in [0.4, 0.5) is 0 Å². The number of hydrogen-bond acceptors (Lipinski definition) is 5. The Bertz CT molecular complexity index is 666. The summed E-state index contributed by atoms with van der Waals surface area (Å²) < 4.78 is 16.0. The third-order valence-corrected chi connectivity index (χ3v) is 3.24. The van der Waals surface area contributed by atoms with Crippen LogP contribution in [0.15, 0.2) is 42.5 Å². The summed E-state index contributed by atoms with van der Waals surface area (Å²) >= 11 is 0. The largest absolute Gasteiger partial charge is 0.493 e. The molecule has 0 aliphatic carbocycles. The maximum Gasteiger partial charge on any atom is 0.302 e. The van der Waals surface area contributed by atoms with Gasteiger partial charge in [-0.2, -0.15) is 0 Å². The molecule has 2 aromatic carbocycles. The molecule has 0 unspecified atom stereocenters. The van der Waals surface area contributed by atoms with E-state index in [0.717, 1.165) is 16.7 Å². The van der Waals surface area contributed by atoms with Gasteiger partial charge in [0.2, 0.25) is 0 Å². The van der Waals surface area contributed by atoms with E-state index in [0.29, 0.717) is 18.1 Å². The molecular formula is C18H20O5. The van der Waals surface area contributed by atoms with E-state index >= 15 is 0 Å². The minimum absolute atomic E-state index is 0.0573. The lowest BCUT2D eigenvalue weighted by Crippen LogP contribution is -2.01. The fraction of sp³-hybridized carbons (Fsp3) is 0.278. The van der Waals surface area contributed by atoms with Crippen molar-refractivity contribution in [2.75, 3.05) is 7.11 Å². The average molecular weight is 316 g/mol. The maximum atomic E-state index is 10.9. The van der Waals surface area contributed by atoms with Gasteiger partial charge in [0.05, 0.1) is 13.7 Å². The first-order chi connectivity index (χ1) is 11.1. The first-order valence-electron chi connectivity index (χ1n) is 7.24. The van der Waals surface area contributed by atoms with Crippen molar-refractivity contribution in [3.05, 3.63) is 59.2 Å². The number of aliphatic hydroxyl groups is 1. The van der Waals surface area contributed by atoms with Crippen LogP contribution >= 0.6 is 0 Å². The van der Waals surface area contributed by atoms with Gasteiger partial charge in [-0.1, -0.05) is 24.3 Å². The quantitative estimate of drug-likeness (QED) is 0.796. The molecule has 0 aromatic heterocycles. The van der Waals surface area contributed by atoms with Crippen molar-refractivity contribution in [1.29, 1.82) is 0 Å². The Morgan fingerprint density at radius 3 is 2.39 bits per heavy atom. The van der Waals surface area contributed by atoms with Crippen molar-refractivity contribution >= 4 is 5.97 Å². The van der Waals surface area contributed by atoms with E-state index in [1.807, 2.05) is 24.3 Å². The van der Waals surface area contributed by atoms with Gasteiger partial charge in [0, 0.05) is 6.92 Å². The average Bonchev–Trinajstić information content (AvgIpc) is 2.58. The summed E-state index contributed by atoms with van der Waals surface area (Å²) in [7, 11) is 1.57. The minimum Gasteiger partial charge on any atom is -0.493 e. The van der Waals surface area contributed by atoms with Crippen LogP contribution in [0.2, 0.25) is 0 Å². The van der Waals surface area contributed by atoms with Crippen molar-refractivity contribution < 1.29 is 24.1 Å². The Morgan fingerprint density at radius 1 is 1.00 bits per heavy atom. The maximum absolute atomic E-state index is 10.9. The monoisotopic (exact) mass is 316 g/mol. The summed E-state index contributed by atoms with van der Waals surface area (Å²) in [5.41, 5.74) is 2.60. The summed E-state index contributed by atoms with van der Waals surface area (Å²) in [5.74, 6) is 0.875. The third kappa shape index (κ3) is 5.00. The second kappa shape index (κ2) is 8.19. The molecule has 0 radical (unpaired) electrons. The Labute approximate surface area is 135 Å². The highest BCUT2D eigenvalue weighted by molar-refractivity contribution is 5.65. The molecule has 0 aliphatic heterocycles. The van der Waals surface area contributed by atoms with Crippen molar-refractivity contribution in [2.24, 2.45) is 0 Å². The number of methoxy groups -OCH3 is 1. The molecule has 0 fully saturated rings. The highest BCUT2D eigenvalue weighted by Gasteiger charge is 2.06. The second-order valence-electron chi connectivity index (χ2n) is 5.03. The lowest BCUT2D eigenvalue weighted by atomic mass is 10.1. The highest BCUT2D eigenvalue weighted by atomic mass is 16.5. The molecule has 0 bridgehead atoms. The van der Waals surface area contributed by atoms with Gasteiger partial charge in [-0.05, 0) is 34.9 Å². The molecule has 0 amide bonds. The van der Waals surface area contributed by atoms with Crippen LogP contribution in [0.5, 0.6) is 11.5 Å². The molecule has 2 aromatic rings. The Kier molecular flexibility index (Phi) is 6.00. The molecular weight excluding hydrogens is 296 g/mol. The first-order valence-corrected chi connectivity index (χ1v) is 7.24. The van der Waals surface area contributed by atoms with Crippen LogP contribution < -0.4 is 9.47 Å². The molecule has 0 spiro atoms. The van der Waals surface area contributed by atoms with Gasteiger partial charge in [0.1, 0.15) is 13.2 Å². The zero-order valence-electron chi connectivity index (χ0n) is 13.2. The number of carbonyl (C=O) groups excluding carboxylic acids is 1. The van der Waals surface area contributed by atoms with Crippen LogP contribution in [0.25, 0.3) is 0 Å². The molecule has 1 N–H and O–H groups in total. The van der Waals surface area contributed by atoms with Crippen LogP contribution in [0, 0.1) is 0 Å². The second-order valence-corrected chi connectivity index (χ2v) is 5.03. The molecule has 5 nitrogen and oxygen atoms in total. The predicted octanol–water partition coefficient (Wildman–Crippen LogP) is 2.83. The summed E-state index contributed by atoms with van der Waals surface area (Å²) in [6, 6.07) is 12.9. The van der Waals surface area contributed by atoms with Gasteiger partial charge < -0.3 is 19.3 Å². The van der Waals surface area contributed by atoms with Gasteiger partial charge >= 0.3 is 5.97 Å². The van der Waals surface area contributed by atoms with Crippen molar-refractivity contribution in [3.8, 4) is 11.5 Å². The van der Waals surface area contributed by atoms with Gasteiger partial charge in [-0.15, -0.1) is 0 Å². The molecule has 0 saturated heterocycles. The number of hydrogen-bond donors (Lipinski definition) is 1. The zero-order valence-corrected chi connectivity index (χ0v) is 13.2. The number of ether oxygens (including phenoxy) is 3. The van der Waals surface area contributed by atoms with E-state index in [1.165, 1.54) is 6.92 Å². The van der Waals surface area contributed by atoms with E-state index in [2.05, 4.69) is 0 Å². The van der Waals surface area contributed by atoms with Crippen molar-refractivity contribution in [3.63, 3.8) is 0 Å². The highest BCUT2D eigenvalue weighted by Crippen LogP contribution is 2.29. The van der Waals surface area contributed by atoms with Crippen LogP contribution in [-0.4, -0.2) is 18.2 Å². The number of benzene rings is 2. The van der Waals surface area contributed by atoms with E-state index in [4.69, 9.17) is 14.2 Å². The smallest absolute Gasteiger partial charge is 0.302 e. The Morgan fingerprint density at radius 2 is 1.74 bits per heavy atom. The molecule has 0 atom stereocenters. The van der Waals surface area contributed by atoms with Gasteiger partial charge in [-0.25, -0.2) is 0 Å². The number of rotatable bonds is 7. The van der Waals surface area contributed by atoms with E-state index in [9.17, 15) is 9.90 Å². The van der Waals surface area contributed by atoms with Gasteiger partial charge in [0.25, 0.3) is 0 Å². The van der Waals surface area contributed by atoms with Crippen LogP contribution in [0.3, 0.4) is 0 Å². The predicted molar refractivity (Wildman–Crippen MR) is 85.2 cm³/mol. The standard InChI is InChI=1S/C18H20O5/c1-13(20)22-11-15-4-3-5-16(8-15)12-23-18-9-14(10-19)6-7-17(18)21-2/h3-9,19H,10-12H2,1-2H3. The fourth-order valence-electron chi connectivity index (χ4n) is 2.09. The van der Waals surface area contributed by atoms with E-state index < -0.39 is 0 Å². The lowest BCUT2D eigenvalue weighted by Gasteiger charge is -2.12. The Hall–Kier alpha value is -2.53. The van der Waals surface area contributed by atoms with Gasteiger partial charge in [-0.3, -0.25) is 4.79 Å². The van der Waals surface area contributed by atoms with E-state index in [-0.39, 0.29) is 19.2 Å². The fourth-order valence-corrected chi connectivity index (χ4v) is 2.09. The molecule has 5 heteroatoms. The molecule has 23 heavy (non-hydrogen) atoms.